The molecule has 37 heavy (non-hydrogen) atoms. The number of carbonyl (C=O) groups excluding carboxylic acids is 1. The Hall–Kier alpha value is -3.27. The molecule has 2 N–H and O–H groups in total. The van der Waals surface area contributed by atoms with E-state index in [0.717, 1.165) is 12.5 Å². The second-order valence-corrected chi connectivity index (χ2v) is 11.3. The molecule has 2 aliphatic heterocycles. The highest BCUT2D eigenvalue weighted by Crippen LogP contribution is 2.32. The zero-order valence-corrected chi connectivity index (χ0v) is 21.0. The first-order valence-corrected chi connectivity index (χ1v) is 13.4. The lowest BCUT2D eigenvalue weighted by Gasteiger charge is -2.43. The Labute approximate surface area is 210 Å². The van der Waals surface area contributed by atoms with Gasteiger partial charge in [-0.1, -0.05) is 0 Å². The van der Waals surface area contributed by atoms with Gasteiger partial charge in [-0.05, 0) is 6.92 Å². The molecular formula is C21H27F3N8O4S. The minimum atomic E-state index is -4.82. The highest BCUT2D eigenvalue weighted by Gasteiger charge is 2.39. The number of carbonyl (C=O) groups is 1. The Bertz CT molecular complexity index is 1290. The zero-order chi connectivity index (χ0) is 27.0. The topological polar surface area (TPSA) is 144 Å². The number of H-pyrrole nitrogens is 1. The fourth-order valence-electron chi connectivity index (χ4n) is 4.41. The molecular weight excluding hydrogens is 517 g/mol. The normalized spacial score (nSPS) is 18.4. The highest BCUT2D eigenvalue weighted by molar-refractivity contribution is 7.90. The van der Waals surface area contributed by atoms with Crippen molar-refractivity contribution in [2.24, 2.45) is 5.92 Å². The van der Waals surface area contributed by atoms with E-state index in [1.54, 1.807) is 16.9 Å². The van der Waals surface area contributed by atoms with Crippen molar-refractivity contribution in [3.05, 3.63) is 34.5 Å². The predicted molar refractivity (Wildman–Crippen MR) is 127 cm³/mol. The lowest BCUT2D eigenvalue weighted by Crippen LogP contribution is -2.59. The van der Waals surface area contributed by atoms with Gasteiger partial charge in [-0.25, -0.2) is 23.5 Å². The Morgan fingerprint density at radius 3 is 2.35 bits per heavy atom. The maximum absolute atomic E-state index is 13.2. The molecule has 2 fully saturated rings. The van der Waals surface area contributed by atoms with Crippen molar-refractivity contribution in [3.8, 4) is 0 Å². The number of nitrogens with one attached hydrogen (secondary N) is 2. The van der Waals surface area contributed by atoms with Crippen LogP contribution in [-0.4, -0.2) is 102 Å². The Kier molecular flexibility index (Phi) is 7.41. The molecule has 4 rings (SSSR count). The second kappa shape index (κ2) is 10.2. The van der Waals surface area contributed by atoms with Gasteiger partial charge in [-0.2, -0.15) is 18.3 Å². The molecule has 0 aromatic carbocycles. The van der Waals surface area contributed by atoms with Crippen LogP contribution >= 0.6 is 0 Å². The van der Waals surface area contributed by atoms with Crippen molar-refractivity contribution < 1.29 is 26.4 Å². The van der Waals surface area contributed by atoms with Gasteiger partial charge in [0, 0.05) is 58.1 Å². The third-order valence-electron chi connectivity index (χ3n) is 6.30. The SMILES string of the molecule is C[C@@H](CN1CC(C(=O)N2CCN(c3ncc(S(C)(=O)=O)cn3)CC2)C1)Nc1cn[nH]c(=O)c1C(F)(F)F. The molecule has 4 heterocycles. The summed E-state index contributed by atoms with van der Waals surface area (Å²) < 4.78 is 62.8. The van der Waals surface area contributed by atoms with Crippen molar-refractivity contribution in [1.29, 1.82) is 0 Å². The van der Waals surface area contributed by atoms with E-state index in [0.29, 0.717) is 51.8 Å². The molecule has 12 nitrogen and oxygen atoms in total. The van der Waals surface area contributed by atoms with Crippen LogP contribution in [0.4, 0.5) is 24.8 Å². The molecule has 0 unspecified atom stereocenters. The Morgan fingerprint density at radius 2 is 1.78 bits per heavy atom. The molecule has 0 saturated carbocycles. The van der Waals surface area contributed by atoms with Gasteiger partial charge >= 0.3 is 6.18 Å². The van der Waals surface area contributed by atoms with Gasteiger partial charge in [0.25, 0.3) is 5.56 Å². The Balaban J connectivity index is 1.23. The number of rotatable bonds is 7. The van der Waals surface area contributed by atoms with Crippen LogP contribution in [0.2, 0.25) is 0 Å². The van der Waals surface area contributed by atoms with E-state index in [1.807, 2.05) is 9.80 Å². The lowest BCUT2D eigenvalue weighted by molar-refractivity contribution is -0.141. The van der Waals surface area contributed by atoms with Crippen LogP contribution in [0.3, 0.4) is 0 Å². The maximum atomic E-state index is 13.2. The van der Waals surface area contributed by atoms with E-state index in [-0.39, 0.29) is 22.4 Å². The second-order valence-electron chi connectivity index (χ2n) is 9.25. The van der Waals surface area contributed by atoms with Crippen LogP contribution in [-0.2, 0) is 20.8 Å². The van der Waals surface area contributed by atoms with Crippen LogP contribution in [0.5, 0.6) is 0 Å². The fraction of sp³-hybridized carbons (Fsp3) is 0.571. The number of aromatic nitrogens is 4. The van der Waals surface area contributed by atoms with Gasteiger partial charge in [-0.3, -0.25) is 14.5 Å². The van der Waals surface area contributed by atoms with E-state index in [9.17, 15) is 31.2 Å². The number of alkyl halides is 3. The monoisotopic (exact) mass is 544 g/mol. The van der Waals surface area contributed by atoms with Crippen LogP contribution in [0.1, 0.15) is 12.5 Å². The fourth-order valence-corrected chi connectivity index (χ4v) is 4.90. The molecule has 0 radical (unpaired) electrons. The molecule has 1 atom stereocenters. The first kappa shape index (κ1) is 26.8. The number of nitrogens with zero attached hydrogens (tertiary/aromatic N) is 6. The standard InChI is InChI=1S/C21H27F3N8O4S/c1-13(28-16-9-27-29-18(33)17(16)21(22,23)24)10-30-11-14(12-30)19(34)31-3-5-32(6-4-31)20-25-7-15(8-26-20)37(2,35)36/h7-9,13-14H,3-6,10-12H2,1-2H3,(H2,28,29,33)/t13-/m0/s1. The summed E-state index contributed by atoms with van der Waals surface area (Å²) in [6.07, 6.45) is -0.258. The molecule has 16 heteroatoms. The lowest BCUT2D eigenvalue weighted by atomic mass is 9.97. The third kappa shape index (κ3) is 6.18. The van der Waals surface area contributed by atoms with Crippen LogP contribution in [0.15, 0.2) is 28.3 Å². The van der Waals surface area contributed by atoms with E-state index in [1.165, 1.54) is 12.4 Å². The van der Waals surface area contributed by atoms with E-state index in [2.05, 4.69) is 20.4 Å². The average molecular weight is 545 g/mol. The van der Waals surface area contributed by atoms with Crippen LogP contribution in [0, 0.1) is 5.92 Å². The van der Waals surface area contributed by atoms with Gasteiger partial charge in [-0.15, -0.1) is 0 Å². The van der Waals surface area contributed by atoms with Gasteiger partial charge in [0.1, 0.15) is 10.5 Å². The van der Waals surface area contributed by atoms with E-state index >= 15 is 0 Å². The molecule has 202 valence electrons. The van der Waals surface area contributed by atoms with Crippen molar-refractivity contribution in [2.75, 3.05) is 62.3 Å². The van der Waals surface area contributed by atoms with Gasteiger partial charge < -0.3 is 15.1 Å². The maximum Gasteiger partial charge on any atom is 0.423 e. The summed E-state index contributed by atoms with van der Waals surface area (Å²) in [5.74, 6) is 0.221. The van der Waals surface area contributed by atoms with Crippen molar-refractivity contribution in [3.63, 3.8) is 0 Å². The summed E-state index contributed by atoms with van der Waals surface area (Å²) in [4.78, 5) is 38.4. The summed E-state index contributed by atoms with van der Waals surface area (Å²) in [6, 6.07) is -0.418. The van der Waals surface area contributed by atoms with E-state index in [4.69, 9.17) is 0 Å². The number of sulfone groups is 1. The molecule has 0 bridgehead atoms. The summed E-state index contributed by atoms with van der Waals surface area (Å²) in [6.45, 7) is 5.02. The number of amides is 1. The predicted octanol–water partition coefficient (Wildman–Crippen LogP) is 0.0632. The molecule has 2 saturated heterocycles. The number of hydrogen-bond donors (Lipinski definition) is 2. The molecule has 2 aliphatic rings. The van der Waals surface area contributed by atoms with Crippen molar-refractivity contribution in [2.45, 2.75) is 24.0 Å². The number of hydrogen-bond acceptors (Lipinski definition) is 10. The molecule has 1 amide bonds. The van der Waals surface area contributed by atoms with Crippen molar-refractivity contribution in [1.82, 2.24) is 30.0 Å². The first-order chi connectivity index (χ1) is 17.3. The number of piperazine rings is 1. The zero-order valence-electron chi connectivity index (χ0n) is 20.2. The molecule has 2 aromatic rings. The van der Waals surface area contributed by atoms with Gasteiger partial charge in [0.05, 0.1) is 30.2 Å². The number of anilines is 2. The molecule has 2 aromatic heterocycles. The summed E-state index contributed by atoms with van der Waals surface area (Å²) in [5, 5.41) is 7.96. The Morgan fingerprint density at radius 1 is 1.16 bits per heavy atom. The third-order valence-corrected chi connectivity index (χ3v) is 7.36. The largest absolute Gasteiger partial charge is 0.423 e. The van der Waals surface area contributed by atoms with Gasteiger partial charge in [0.15, 0.2) is 9.84 Å². The number of aromatic amines is 1. The van der Waals surface area contributed by atoms with Crippen molar-refractivity contribution >= 4 is 27.4 Å². The average Bonchev–Trinajstić information content (AvgIpc) is 2.79. The van der Waals surface area contributed by atoms with Gasteiger partial charge in [0.2, 0.25) is 11.9 Å². The summed E-state index contributed by atoms with van der Waals surface area (Å²) in [5.41, 5.74) is -3.01. The molecule has 0 spiro atoms. The van der Waals surface area contributed by atoms with E-state index < -0.39 is 33.2 Å². The smallest absolute Gasteiger partial charge is 0.379 e. The molecule has 0 aliphatic carbocycles. The minimum absolute atomic E-state index is 0.0167. The minimum Gasteiger partial charge on any atom is -0.379 e. The quantitative estimate of drug-likeness (QED) is 0.491. The van der Waals surface area contributed by atoms with Crippen LogP contribution < -0.4 is 15.8 Å². The highest BCUT2D eigenvalue weighted by atomic mass is 32.2. The number of halogens is 3. The first-order valence-electron chi connectivity index (χ1n) is 11.5. The number of likely N-dealkylation sites (tertiary alicyclic amines) is 1. The summed E-state index contributed by atoms with van der Waals surface area (Å²) >= 11 is 0. The van der Waals surface area contributed by atoms with Crippen LogP contribution in [0.25, 0.3) is 0 Å². The summed E-state index contributed by atoms with van der Waals surface area (Å²) in [7, 11) is -3.38.